The summed E-state index contributed by atoms with van der Waals surface area (Å²) in [6.07, 6.45) is 2.68. The Morgan fingerprint density at radius 1 is 0.875 bits per heavy atom. The first kappa shape index (κ1) is 15.3. The molecule has 0 amide bonds. The van der Waals surface area contributed by atoms with Crippen LogP contribution in [0.3, 0.4) is 0 Å². The summed E-state index contributed by atoms with van der Waals surface area (Å²) in [4.78, 5) is 3.63. The van der Waals surface area contributed by atoms with Crippen LogP contribution in [0.15, 0.2) is 60.7 Å². The molecule has 0 atom stereocenters. The van der Waals surface area contributed by atoms with E-state index in [0.717, 1.165) is 17.4 Å². The van der Waals surface area contributed by atoms with Crippen molar-refractivity contribution in [2.75, 3.05) is 12.0 Å². The molecule has 4 rings (SSSR count). The maximum Gasteiger partial charge on any atom is 0.119 e. The van der Waals surface area contributed by atoms with E-state index >= 15 is 0 Å². The van der Waals surface area contributed by atoms with Crippen LogP contribution in [0.25, 0.3) is 0 Å². The molecule has 0 spiro atoms. The summed E-state index contributed by atoms with van der Waals surface area (Å²) in [5.74, 6) is 1.67. The lowest BCUT2D eigenvalue weighted by Gasteiger charge is -2.24. The number of ether oxygens (including phenoxy) is 1. The van der Waals surface area contributed by atoms with Crippen LogP contribution in [0.2, 0.25) is 0 Å². The molecule has 122 valence electrons. The van der Waals surface area contributed by atoms with Gasteiger partial charge in [0.2, 0.25) is 0 Å². The van der Waals surface area contributed by atoms with Gasteiger partial charge in [-0.1, -0.05) is 12.1 Å². The number of hydrogen-bond acceptors (Lipinski definition) is 3. The van der Waals surface area contributed by atoms with Gasteiger partial charge >= 0.3 is 0 Å². The number of hydrogen-bond donors (Lipinski definition) is 0. The minimum atomic E-state index is 0.789. The molecule has 2 nitrogen and oxygen atoms in total. The van der Waals surface area contributed by atoms with Crippen LogP contribution in [0.5, 0.6) is 5.75 Å². The highest BCUT2D eigenvalue weighted by molar-refractivity contribution is 7.16. The van der Waals surface area contributed by atoms with Gasteiger partial charge in [-0.05, 0) is 79.8 Å². The first-order chi connectivity index (χ1) is 11.7. The zero-order chi connectivity index (χ0) is 16.5. The van der Waals surface area contributed by atoms with Gasteiger partial charge in [0.15, 0.2) is 0 Å². The van der Waals surface area contributed by atoms with Crippen molar-refractivity contribution >= 4 is 27.7 Å². The van der Waals surface area contributed by atoms with Gasteiger partial charge in [0.1, 0.15) is 10.8 Å². The second-order valence-corrected chi connectivity index (χ2v) is 7.55. The van der Waals surface area contributed by atoms with Crippen LogP contribution >= 0.6 is 11.3 Å². The molecule has 24 heavy (non-hydrogen) atoms. The van der Waals surface area contributed by atoms with Gasteiger partial charge in [0.25, 0.3) is 0 Å². The van der Waals surface area contributed by atoms with E-state index in [2.05, 4.69) is 60.4 Å². The molecule has 1 aliphatic rings. The zero-order valence-electron chi connectivity index (χ0n) is 14.0. The summed E-state index contributed by atoms with van der Waals surface area (Å²) >= 11 is 1.81. The topological polar surface area (TPSA) is 12.5 Å². The molecule has 1 saturated carbocycles. The summed E-state index contributed by atoms with van der Waals surface area (Å²) in [7, 11) is 1.70. The molecule has 0 aliphatic heterocycles. The number of rotatable bonds is 5. The average molecular weight is 335 g/mol. The van der Waals surface area contributed by atoms with Crippen molar-refractivity contribution in [3.05, 3.63) is 71.1 Å². The molecule has 1 aliphatic carbocycles. The van der Waals surface area contributed by atoms with Crippen molar-refractivity contribution in [3.8, 4) is 5.75 Å². The van der Waals surface area contributed by atoms with Crippen LogP contribution < -0.4 is 9.64 Å². The van der Waals surface area contributed by atoms with E-state index in [9.17, 15) is 0 Å². The third-order valence-corrected chi connectivity index (χ3v) is 5.46. The van der Waals surface area contributed by atoms with E-state index < -0.39 is 0 Å². The molecule has 2 aromatic carbocycles. The molecule has 1 heterocycles. The molecule has 1 aromatic heterocycles. The number of methoxy groups -OCH3 is 1. The molecule has 1 fully saturated rings. The SMILES string of the molecule is COc1ccc(N(c2ccc(C3CC3)cc2)c2ccc(C)s2)cc1. The molecule has 0 bridgehead atoms. The van der Waals surface area contributed by atoms with Crippen LogP contribution in [-0.2, 0) is 0 Å². The van der Waals surface area contributed by atoms with Gasteiger partial charge in [0, 0.05) is 16.3 Å². The third kappa shape index (κ3) is 3.04. The Balaban J connectivity index is 1.74. The van der Waals surface area contributed by atoms with Crippen molar-refractivity contribution in [1.29, 1.82) is 0 Å². The first-order valence-electron chi connectivity index (χ1n) is 8.35. The second kappa shape index (κ2) is 6.33. The van der Waals surface area contributed by atoms with Crippen LogP contribution in [0, 0.1) is 6.92 Å². The summed E-state index contributed by atoms with van der Waals surface area (Å²) in [6, 6.07) is 21.7. The predicted molar refractivity (Wildman–Crippen MR) is 102 cm³/mol. The largest absolute Gasteiger partial charge is 0.497 e. The van der Waals surface area contributed by atoms with Crippen LogP contribution in [0.4, 0.5) is 16.4 Å². The zero-order valence-corrected chi connectivity index (χ0v) is 14.8. The van der Waals surface area contributed by atoms with E-state index in [-0.39, 0.29) is 0 Å². The monoisotopic (exact) mass is 335 g/mol. The first-order valence-corrected chi connectivity index (χ1v) is 9.17. The Bertz CT molecular complexity index is 816. The lowest BCUT2D eigenvalue weighted by molar-refractivity contribution is 0.415. The standard InChI is InChI=1S/C21H21NOS/c1-15-3-14-21(24-15)22(19-10-12-20(23-2)13-11-19)18-8-6-17(7-9-18)16-4-5-16/h3,6-14,16H,4-5H2,1-2H3. The van der Waals surface area contributed by atoms with E-state index in [0.29, 0.717) is 0 Å². The highest BCUT2D eigenvalue weighted by atomic mass is 32.1. The number of aryl methyl sites for hydroxylation is 1. The fraction of sp³-hybridized carbons (Fsp3) is 0.238. The number of thiophene rings is 1. The molecule has 3 aromatic rings. The van der Waals surface area contributed by atoms with Crippen molar-refractivity contribution in [2.24, 2.45) is 0 Å². The van der Waals surface area contributed by atoms with Gasteiger partial charge in [-0.2, -0.15) is 0 Å². The highest BCUT2D eigenvalue weighted by Gasteiger charge is 2.23. The molecular formula is C21H21NOS. The second-order valence-electron chi connectivity index (χ2n) is 6.28. The fourth-order valence-corrected chi connectivity index (χ4v) is 3.89. The average Bonchev–Trinajstić information content (AvgIpc) is 3.39. The summed E-state index contributed by atoms with van der Waals surface area (Å²) in [5, 5.41) is 1.23. The van der Waals surface area contributed by atoms with Gasteiger partial charge < -0.3 is 9.64 Å². The van der Waals surface area contributed by atoms with E-state index in [1.165, 1.54) is 34.0 Å². The fourth-order valence-electron chi connectivity index (χ4n) is 2.99. The minimum absolute atomic E-state index is 0.789. The lowest BCUT2D eigenvalue weighted by Crippen LogP contribution is -2.08. The molecule has 0 N–H and O–H groups in total. The number of benzene rings is 2. The Labute approximate surface area is 147 Å². The Morgan fingerprint density at radius 3 is 2.00 bits per heavy atom. The molecular weight excluding hydrogens is 314 g/mol. The summed E-state index contributed by atoms with van der Waals surface area (Å²) in [6.45, 7) is 2.15. The van der Waals surface area contributed by atoms with Crippen molar-refractivity contribution < 1.29 is 4.74 Å². The van der Waals surface area contributed by atoms with Gasteiger partial charge in [0.05, 0.1) is 7.11 Å². The smallest absolute Gasteiger partial charge is 0.119 e. The molecule has 0 unspecified atom stereocenters. The van der Waals surface area contributed by atoms with Gasteiger partial charge in [-0.15, -0.1) is 11.3 Å². The van der Waals surface area contributed by atoms with Crippen LogP contribution in [-0.4, -0.2) is 7.11 Å². The Morgan fingerprint density at radius 2 is 1.50 bits per heavy atom. The van der Waals surface area contributed by atoms with Crippen molar-refractivity contribution in [3.63, 3.8) is 0 Å². The predicted octanol–water partition coefficient (Wildman–Crippen LogP) is 6.41. The number of anilines is 3. The highest BCUT2D eigenvalue weighted by Crippen LogP contribution is 2.43. The lowest BCUT2D eigenvalue weighted by atomic mass is 10.1. The Kier molecular flexibility index (Phi) is 4.03. The van der Waals surface area contributed by atoms with E-state index in [1.54, 1.807) is 7.11 Å². The molecule has 0 radical (unpaired) electrons. The molecule has 3 heteroatoms. The van der Waals surface area contributed by atoms with E-state index in [4.69, 9.17) is 4.74 Å². The van der Waals surface area contributed by atoms with Crippen LogP contribution in [0.1, 0.15) is 29.2 Å². The van der Waals surface area contributed by atoms with Gasteiger partial charge in [-0.25, -0.2) is 0 Å². The van der Waals surface area contributed by atoms with E-state index in [1.807, 2.05) is 23.5 Å². The third-order valence-electron chi connectivity index (χ3n) is 4.48. The minimum Gasteiger partial charge on any atom is -0.497 e. The molecule has 0 saturated heterocycles. The summed E-state index contributed by atoms with van der Waals surface area (Å²) in [5.41, 5.74) is 3.82. The summed E-state index contributed by atoms with van der Waals surface area (Å²) < 4.78 is 5.30. The maximum absolute atomic E-state index is 5.30. The van der Waals surface area contributed by atoms with Crippen molar-refractivity contribution in [1.82, 2.24) is 0 Å². The Hall–Kier alpha value is -2.26. The van der Waals surface area contributed by atoms with Gasteiger partial charge in [-0.3, -0.25) is 0 Å². The van der Waals surface area contributed by atoms with Crippen molar-refractivity contribution in [2.45, 2.75) is 25.7 Å². The number of nitrogens with zero attached hydrogens (tertiary/aromatic N) is 1. The maximum atomic E-state index is 5.30. The quantitative estimate of drug-likeness (QED) is 0.534. The normalized spacial score (nSPS) is 13.8.